The normalized spacial score (nSPS) is 11.1. The number of hydrogen-bond donors (Lipinski definition) is 2. The summed E-state index contributed by atoms with van der Waals surface area (Å²) < 4.78 is 5.80. The number of unbranched alkanes of at least 4 members (excludes halogenated alkanes) is 1. The van der Waals surface area contributed by atoms with Gasteiger partial charge >= 0.3 is 0 Å². The molecule has 0 bridgehead atoms. The maximum Gasteiger partial charge on any atom is 0.134 e. The third-order valence-corrected chi connectivity index (χ3v) is 6.00. The van der Waals surface area contributed by atoms with Crippen LogP contribution >= 0.6 is 11.6 Å². The van der Waals surface area contributed by atoms with Crippen LogP contribution < -0.4 is 10.6 Å². The van der Waals surface area contributed by atoms with Gasteiger partial charge in [-0.3, -0.25) is 4.98 Å². The molecule has 4 rings (SSSR count). The molecule has 6 nitrogen and oxygen atoms in total. The van der Waals surface area contributed by atoms with Crippen molar-refractivity contribution in [3.63, 3.8) is 0 Å². The highest BCUT2D eigenvalue weighted by atomic mass is 35.5. The lowest BCUT2D eigenvalue weighted by Crippen LogP contribution is -2.16. The number of rotatable bonds is 12. The molecule has 0 aliphatic carbocycles. The first-order valence-electron chi connectivity index (χ1n) is 11.6. The van der Waals surface area contributed by atoms with Crippen molar-refractivity contribution in [3.05, 3.63) is 77.1 Å². The molecule has 34 heavy (non-hydrogen) atoms. The summed E-state index contributed by atoms with van der Waals surface area (Å²) in [6.07, 6.45) is 6.07. The van der Waals surface area contributed by atoms with E-state index in [4.69, 9.17) is 26.6 Å². The number of nitrogens with one attached hydrogen (secondary N) is 2. The van der Waals surface area contributed by atoms with Gasteiger partial charge in [-0.05, 0) is 48.7 Å². The van der Waals surface area contributed by atoms with Crippen molar-refractivity contribution in [1.29, 1.82) is 5.26 Å². The van der Waals surface area contributed by atoms with Crippen LogP contribution in [0.5, 0.6) is 0 Å². The Morgan fingerprint density at radius 1 is 0.971 bits per heavy atom. The smallest absolute Gasteiger partial charge is 0.134 e. The molecule has 174 valence electrons. The standard InChI is InChI=1S/C27H28ClN5O/c28-25-17-20(7-8-21(25)9-11-29)18-30-12-3-4-15-34-16-14-32-27-23-10-13-31-19-24(23)22-5-1-2-6-26(22)33-27/h1-2,5-8,10,13,17,19,30H,3-4,9,12,14-16,18H2,(H,32,33). The van der Waals surface area contributed by atoms with Crippen LogP contribution in [0.1, 0.15) is 24.0 Å². The number of benzene rings is 2. The average Bonchev–Trinajstić information content (AvgIpc) is 2.87. The van der Waals surface area contributed by atoms with Crippen LogP contribution in [0.2, 0.25) is 5.02 Å². The summed E-state index contributed by atoms with van der Waals surface area (Å²) in [5, 5.41) is 19.6. The van der Waals surface area contributed by atoms with Crippen molar-refractivity contribution < 1.29 is 4.74 Å². The zero-order valence-corrected chi connectivity index (χ0v) is 19.8. The van der Waals surface area contributed by atoms with E-state index in [1.165, 1.54) is 0 Å². The molecule has 0 spiro atoms. The number of pyridine rings is 2. The van der Waals surface area contributed by atoms with Crippen LogP contribution in [0, 0.1) is 11.3 Å². The summed E-state index contributed by atoms with van der Waals surface area (Å²) in [5.74, 6) is 0.865. The Kier molecular flexibility index (Phi) is 8.64. The number of nitriles is 1. The largest absolute Gasteiger partial charge is 0.380 e. The van der Waals surface area contributed by atoms with Gasteiger partial charge in [0.25, 0.3) is 0 Å². The van der Waals surface area contributed by atoms with E-state index in [-0.39, 0.29) is 0 Å². The lowest BCUT2D eigenvalue weighted by Gasteiger charge is -2.11. The summed E-state index contributed by atoms with van der Waals surface area (Å²) in [6, 6.07) is 18.1. The van der Waals surface area contributed by atoms with E-state index in [1.54, 1.807) is 6.20 Å². The molecule has 0 unspecified atom stereocenters. The molecule has 0 saturated heterocycles. The molecule has 2 N–H and O–H groups in total. The zero-order valence-electron chi connectivity index (χ0n) is 19.1. The first-order valence-corrected chi connectivity index (χ1v) is 11.9. The quantitative estimate of drug-likeness (QED) is 0.209. The Hall–Kier alpha value is -3.24. The summed E-state index contributed by atoms with van der Waals surface area (Å²) in [6.45, 7) is 3.74. The third-order valence-electron chi connectivity index (χ3n) is 5.65. The Labute approximate surface area is 204 Å². The third kappa shape index (κ3) is 6.21. The minimum atomic E-state index is 0.342. The van der Waals surface area contributed by atoms with Gasteiger partial charge in [-0.15, -0.1) is 0 Å². The zero-order chi connectivity index (χ0) is 23.6. The number of ether oxygens (including phenoxy) is 1. The van der Waals surface area contributed by atoms with Gasteiger partial charge in [-0.25, -0.2) is 4.98 Å². The van der Waals surface area contributed by atoms with E-state index in [2.05, 4.69) is 27.8 Å². The second kappa shape index (κ2) is 12.3. The van der Waals surface area contributed by atoms with Gasteiger partial charge in [0.05, 0.1) is 24.6 Å². The van der Waals surface area contributed by atoms with Gasteiger partial charge in [0.2, 0.25) is 0 Å². The number of nitrogens with zero attached hydrogens (tertiary/aromatic N) is 3. The second-order valence-electron chi connectivity index (χ2n) is 8.08. The van der Waals surface area contributed by atoms with Gasteiger partial charge in [0, 0.05) is 53.3 Å². The summed E-state index contributed by atoms with van der Waals surface area (Å²) in [5.41, 5.74) is 2.96. The lowest BCUT2D eigenvalue weighted by molar-refractivity contribution is 0.140. The fraction of sp³-hybridized carbons (Fsp3) is 0.296. The predicted octanol–water partition coefficient (Wildman–Crippen LogP) is 5.50. The Morgan fingerprint density at radius 3 is 2.76 bits per heavy atom. The Morgan fingerprint density at radius 2 is 1.88 bits per heavy atom. The lowest BCUT2D eigenvalue weighted by atomic mass is 10.1. The van der Waals surface area contributed by atoms with Crippen molar-refractivity contribution in [2.45, 2.75) is 25.8 Å². The van der Waals surface area contributed by atoms with E-state index in [1.807, 2.05) is 48.7 Å². The number of para-hydroxylation sites is 1. The highest BCUT2D eigenvalue weighted by molar-refractivity contribution is 6.31. The van der Waals surface area contributed by atoms with Crippen LogP contribution in [0.25, 0.3) is 21.7 Å². The number of hydrogen-bond acceptors (Lipinski definition) is 6. The fourth-order valence-corrected chi connectivity index (χ4v) is 4.16. The number of fused-ring (bicyclic) bond motifs is 3. The minimum Gasteiger partial charge on any atom is -0.380 e. The molecular weight excluding hydrogens is 446 g/mol. The maximum absolute atomic E-state index is 8.79. The molecule has 7 heteroatoms. The topological polar surface area (TPSA) is 82.9 Å². The van der Waals surface area contributed by atoms with Crippen molar-refractivity contribution in [3.8, 4) is 6.07 Å². The molecule has 2 heterocycles. The van der Waals surface area contributed by atoms with E-state index < -0.39 is 0 Å². The van der Waals surface area contributed by atoms with Gasteiger partial charge in [-0.1, -0.05) is 41.9 Å². The second-order valence-corrected chi connectivity index (χ2v) is 8.49. The number of aromatic nitrogens is 2. The van der Waals surface area contributed by atoms with E-state index >= 15 is 0 Å². The molecule has 0 aliphatic rings. The highest BCUT2D eigenvalue weighted by Gasteiger charge is 2.07. The van der Waals surface area contributed by atoms with Gasteiger partial charge in [0.1, 0.15) is 5.82 Å². The van der Waals surface area contributed by atoms with Crippen molar-refractivity contribution >= 4 is 39.1 Å². The Balaban J connectivity index is 1.13. The molecule has 0 saturated carbocycles. The molecule has 4 aromatic rings. The fourth-order valence-electron chi connectivity index (χ4n) is 3.89. The predicted molar refractivity (Wildman–Crippen MR) is 138 cm³/mol. The first kappa shape index (κ1) is 23.9. The monoisotopic (exact) mass is 473 g/mol. The average molecular weight is 474 g/mol. The molecule has 0 atom stereocenters. The Bertz CT molecular complexity index is 1290. The number of anilines is 1. The van der Waals surface area contributed by atoms with E-state index in [0.717, 1.165) is 71.2 Å². The minimum absolute atomic E-state index is 0.342. The summed E-state index contributed by atoms with van der Waals surface area (Å²) >= 11 is 6.22. The van der Waals surface area contributed by atoms with Crippen LogP contribution in [0.3, 0.4) is 0 Å². The first-order chi connectivity index (χ1) is 16.8. The molecule has 0 amide bonds. The molecule has 0 radical (unpaired) electrons. The number of halogens is 1. The molecule has 2 aromatic heterocycles. The van der Waals surface area contributed by atoms with Crippen molar-refractivity contribution in [2.75, 3.05) is 31.6 Å². The van der Waals surface area contributed by atoms with Crippen molar-refractivity contribution in [1.82, 2.24) is 15.3 Å². The summed E-state index contributed by atoms with van der Waals surface area (Å²) in [7, 11) is 0. The van der Waals surface area contributed by atoms with Crippen LogP contribution in [0.15, 0.2) is 60.9 Å². The molecule has 0 aliphatic heterocycles. The maximum atomic E-state index is 8.79. The van der Waals surface area contributed by atoms with E-state index in [9.17, 15) is 0 Å². The van der Waals surface area contributed by atoms with Crippen molar-refractivity contribution in [2.24, 2.45) is 0 Å². The van der Waals surface area contributed by atoms with Gasteiger partial charge in [-0.2, -0.15) is 5.26 Å². The van der Waals surface area contributed by atoms with E-state index in [0.29, 0.717) is 24.6 Å². The van der Waals surface area contributed by atoms with Crippen LogP contribution in [-0.2, 0) is 17.7 Å². The van der Waals surface area contributed by atoms with Gasteiger partial charge in [0.15, 0.2) is 0 Å². The molecule has 0 fully saturated rings. The SMILES string of the molecule is N#CCc1ccc(CNCCCCOCCNc2nc3ccccc3c3cnccc23)cc1Cl. The molecular formula is C27H28ClN5O. The summed E-state index contributed by atoms with van der Waals surface area (Å²) in [4.78, 5) is 9.08. The molecule has 2 aromatic carbocycles. The van der Waals surface area contributed by atoms with Gasteiger partial charge < -0.3 is 15.4 Å². The highest BCUT2D eigenvalue weighted by Crippen LogP contribution is 2.28. The van der Waals surface area contributed by atoms with Crippen LogP contribution in [-0.4, -0.2) is 36.3 Å². The van der Waals surface area contributed by atoms with Crippen LogP contribution in [0.4, 0.5) is 5.82 Å².